The van der Waals surface area contributed by atoms with Gasteiger partial charge in [0.05, 0.1) is 35.3 Å². The Balaban J connectivity index is 1.77. The summed E-state index contributed by atoms with van der Waals surface area (Å²) in [5, 5.41) is 6.90. The highest BCUT2D eigenvalue weighted by Crippen LogP contribution is 2.30. The predicted octanol–water partition coefficient (Wildman–Crippen LogP) is 2.97. The molecule has 2 aromatic rings. The average Bonchev–Trinajstić information content (AvgIpc) is 3.21. The number of aromatic nitrogens is 2. The normalized spacial score (nSPS) is 17.7. The second kappa shape index (κ2) is 6.87. The van der Waals surface area contributed by atoms with E-state index in [1.165, 1.54) is 23.0 Å². The van der Waals surface area contributed by atoms with Crippen molar-refractivity contribution in [2.75, 3.05) is 19.8 Å². The van der Waals surface area contributed by atoms with Gasteiger partial charge in [0.15, 0.2) is 0 Å². The van der Waals surface area contributed by atoms with Crippen LogP contribution in [0.2, 0.25) is 0 Å². The molecule has 1 aliphatic rings. The fraction of sp³-hybridized carbons (Fsp3) is 0.412. The number of benzene rings is 1. The Labute approximate surface area is 142 Å². The Morgan fingerprint density at radius 2 is 2.24 bits per heavy atom. The molecule has 1 aromatic heterocycles. The van der Waals surface area contributed by atoms with E-state index in [-0.39, 0.29) is 11.6 Å². The minimum atomic E-state index is -4.43. The summed E-state index contributed by atoms with van der Waals surface area (Å²) in [6, 6.07) is 4.85. The van der Waals surface area contributed by atoms with Gasteiger partial charge in [-0.15, -0.1) is 0 Å². The number of halogens is 3. The summed E-state index contributed by atoms with van der Waals surface area (Å²) in [6.45, 7) is 3.49. The topological polar surface area (TPSA) is 56.1 Å². The smallest absolute Gasteiger partial charge is 0.381 e. The van der Waals surface area contributed by atoms with Crippen molar-refractivity contribution in [1.29, 1.82) is 0 Å². The first-order chi connectivity index (χ1) is 11.9. The van der Waals surface area contributed by atoms with Crippen LogP contribution in [0, 0.1) is 12.8 Å². The van der Waals surface area contributed by atoms with Crippen LogP contribution in [0.4, 0.5) is 13.2 Å². The van der Waals surface area contributed by atoms with Gasteiger partial charge in [-0.25, -0.2) is 4.68 Å². The fourth-order valence-corrected chi connectivity index (χ4v) is 2.78. The Bertz CT molecular complexity index is 765. The van der Waals surface area contributed by atoms with E-state index < -0.39 is 11.7 Å². The van der Waals surface area contributed by atoms with Gasteiger partial charge in [0.25, 0.3) is 5.91 Å². The molecule has 8 heteroatoms. The van der Waals surface area contributed by atoms with E-state index in [0.29, 0.717) is 36.9 Å². The Morgan fingerprint density at radius 1 is 1.44 bits per heavy atom. The lowest BCUT2D eigenvalue weighted by Crippen LogP contribution is -2.29. The van der Waals surface area contributed by atoms with Gasteiger partial charge in [-0.05, 0) is 31.5 Å². The second-order valence-electron chi connectivity index (χ2n) is 6.04. The van der Waals surface area contributed by atoms with E-state index in [0.717, 1.165) is 18.6 Å². The number of carbonyl (C=O) groups excluding carboxylic acids is 1. The third-order valence-electron chi connectivity index (χ3n) is 4.25. The van der Waals surface area contributed by atoms with Crippen molar-refractivity contribution in [3.63, 3.8) is 0 Å². The Morgan fingerprint density at radius 3 is 2.92 bits per heavy atom. The first kappa shape index (κ1) is 17.5. The van der Waals surface area contributed by atoms with Crippen LogP contribution in [0.5, 0.6) is 0 Å². The number of nitrogens with one attached hydrogen (secondary N) is 1. The Hall–Kier alpha value is -2.35. The Kier molecular flexibility index (Phi) is 4.80. The fourth-order valence-electron chi connectivity index (χ4n) is 2.78. The summed E-state index contributed by atoms with van der Waals surface area (Å²) in [5.74, 6) is 0.00499. The summed E-state index contributed by atoms with van der Waals surface area (Å²) in [4.78, 5) is 12.3. The van der Waals surface area contributed by atoms with Crippen molar-refractivity contribution in [2.45, 2.75) is 19.5 Å². The zero-order chi connectivity index (χ0) is 18.0. The molecule has 1 unspecified atom stereocenters. The van der Waals surface area contributed by atoms with E-state index in [2.05, 4.69) is 10.4 Å². The van der Waals surface area contributed by atoms with Crippen LogP contribution >= 0.6 is 0 Å². The van der Waals surface area contributed by atoms with Crippen LogP contribution in [0.1, 0.15) is 28.0 Å². The number of carbonyl (C=O) groups is 1. The number of rotatable bonds is 4. The number of hydrogen-bond acceptors (Lipinski definition) is 3. The molecule has 3 rings (SSSR count). The minimum absolute atomic E-state index is 0.260. The quantitative estimate of drug-likeness (QED) is 0.919. The molecule has 5 nitrogen and oxygen atoms in total. The molecule has 1 N–H and O–H groups in total. The lowest BCUT2D eigenvalue weighted by molar-refractivity contribution is -0.137. The van der Waals surface area contributed by atoms with Crippen molar-refractivity contribution >= 4 is 5.91 Å². The minimum Gasteiger partial charge on any atom is -0.381 e. The number of ether oxygens (including phenoxy) is 1. The number of hydrogen-bond donors (Lipinski definition) is 1. The van der Waals surface area contributed by atoms with E-state index in [1.807, 2.05) is 0 Å². The zero-order valence-electron chi connectivity index (χ0n) is 13.6. The molecular formula is C17H18F3N3O2. The van der Waals surface area contributed by atoms with Crippen LogP contribution in [-0.4, -0.2) is 35.4 Å². The van der Waals surface area contributed by atoms with Gasteiger partial charge < -0.3 is 10.1 Å². The van der Waals surface area contributed by atoms with Crippen molar-refractivity contribution in [3.05, 3.63) is 47.3 Å². The molecule has 1 saturated heterocycles. The van der Waals surface area contributed by atoms with Gasteiger partial charge in [0, 0.05) is 19.1 Å². The van der Waals surface area contributed by atoms with Gasteiger partial charge in [-0.1, -0.05) is 6.07 Å². The first-order valence-corrected chi connectivity index (χ1v) is 7.94. The van der Waals surface area contributed by atoms with Crippen molar-refractivity contribution in [2.24, 2.45) is 5.92 Å². The first-order valence-electron chi connectivity index (χ1n) is 7.94. The van der Waals surface area contributed by atoms with Crippen molar-refractivity contribution < 1.29 is 22.7 Å². The lowest BCUT2D eigenvalue weighted by atomic mass is 10.1. The number of nitrogens with zero attached hydrogens (tertiary/aromatic N) is 2. The van der Waals surface area contributed by atoms with Crippen LogP contribution in [0.3, 0.4) is 0 Å². The van der Waals surface area contributed by atoms with Crippen LogP contribution in [0.15, 0.2) is 30.5 Å². The lowest BCUT2D eigenvalue weighted by Gasteiger charge is -2.11. The highest BCUT2D eigenvalue weighted by molar-refractivity contribution is 5.95. The molecule has 0 aliphatic carbocycles. The van der Waals surface area contributed by atoms with E-state index in [4.69, 9.17) is 4.74 Å². The molecule has 0 radical (unpaired) electrons. The maximum Gasteiger partial charge on any atom is 0.416 e. The van der Waals surface area contributed by atoms with E-state index in [9.17, 15) is 18.0 Å². The highest BCUT2D eigenvalue weighted by Gasteiger charge is 2.30. The van der Waals surface area contributed by atoms with Gasteiger partial charge in [0.1, 0.15) is 0 Å². The second-order valence-corrected chi connectivity index (χ2v) is 6.04. The predicted molar refractivity (Wildman–Crippen MR) is 84.6 cm³/mol. The number of amides is 1. The molecular weight excluding hydrogens is 335 g/mol. The average molecular weight is 353 g/mol. The molecule has 1 atom stereocenters. The highest BCUT2D eigenvalue weighted by atomic mass is 19.4. The molecule has 2 heterocycles. The molecule has 134 valence electrons. The maximum absolute atomic E-state index is 12.9. The van der Waals surface area contributed by atoms with Gasteiger partial charge in [-0.3, -0.25) is 4.79 Å². The van der Waals surface area contributed by atoms with Crippen LogP contribution < -0.4 is 5.32 Å². The summed E-state index contributed by atoms with van der Waals surface area (Å²) >= 11 is 0. The maximum atomic E-state index is 12.9. The summed E-state index contributed by atoms with van der Waals surface area (Å²) < 4.78 is 45.2. The molecule has 1 aliphatic heterocycles. The summed E-state index contributed by atoms with van der Waals surface area (Å²) in [5.41, 5.74) is 0.332. The van der Waals surface area contributed by atoms with Crippen molar-refractivity contribution in [3.8, 4) is 5.69 Å². The largest absolute Gasteiger partial charge is 0.416 e. The van der Waals surface area contributed by atoms with E-state index >= 15 is 0 Å². The molecule has 1 fully saturated rings. The van der Waals surface area contributed by atoms with Gasteiger partial charge in [0.2, 0.25) is 0 Å². The third-order valence-corrected chi connectivity index (χ3v) is 4.25. The standard InChI is InChI=1S/C17H18F3N3O2/c1-11-15(16(24)21-8-12-5-6-25-10-12)9-22-23(11)14-4-2-3-13(7-14)17(18,19)20/h2-4,7,9,12H,5-6,8,10H2,1H3,(H,21,24). The summed E-state index contributed by atoms with van der Waals surface area (Å²) in [6.07, 6.45) is -2.15. The molecule has 1 aromatic carbocycles. The molecule has 0 saturated carbocycles. The van der Waals surface area contributed by atoms with Crippen LogP contribution in [-0.2, 0) is 10.9 Å². The summed E-state index contributed by atoms with van der Waals surface area (Å²) in [7, 11) is 0. The zero-order valence-corrected chi connectivity index (χ0v) is 13.6. The van der Waals surface area contributed by atoms with Gasteiger partial charge >= 0.3 is 6.18 Å². The molecule has 0 spiro atoms. The van der Waals surface area contributed by atoms with Crippen LogP contribution in [0.25, 0.3) is 5.69 Å². The molecule has 1 amide bonds. The monoisotopic (exact) mass is 353 g/mol. The molecule has 0 bridgehead atoms. The van der Waals surface area contributed by atoms with Crippen molar-refractivity contribution in [1.82, 2.24) is 15.1 Å². The number of alkyl halides is 3. The van der Waals surface area contributed by atoms with Gasteiger partial charge in [-0.2, -0.15) is 18.3 Å². The molecule has 25 heavy (non-hydrogen) atoms. The SMILES string of the molecule is Cc1c(C(=O)NCC2CCOC2)cnn1-c1cccc(C(F)(F)F)c1. The van der Waals surface area contributed by atoms with E-state index in [1.54, 1.807) is 6.92 Å². The third kappa shape index (κ3) is 3.84.